The van der Waals surface area contributed by atoms with Crippen LogP contribution in [0.1, 0.15) is 36.6 Å². The molecule has 224 valence electrons. The molecule has 0 fully saturated rings. The summed E-state index contributed by atoms with van der Waals surface area (Å²) >= 11 is 1.32. The maximum absolute atomic E-state index is 14.5. The molecule has 0 amide bonds. The van der Waals surface area contributed by atoms with E-state index in [-0.39, 0.29) is 12.2 Å². The van der Waals surface area contributed by atoms with Crippen molar-refractivity contribution in [2.24, 2.45) is 4.99 Å². The van der Waals surface area contributed by atoms with Crippen molar-refractivity contribution in [1.82, 2.24) is 9.13 Å². The molecule has 3 heterocycles. The standard InChI is InChI=1S/C37H31N3O4S/c1-4-44-36(42)32-23(2)38-37-40(34(32)33-28-16-9-8-14-25(28)18-19-30(33)43-3)35(41)31(45-37)20-26-22-39(21-24-12-6-5-7-13-24)29-17-11-10-15-27(26)29/h5-20,22,34H,4,21H2,1-3H3/b31-20+/t34-/m1/s1. The van der Waals surface area contributed by atoms with Crippen LogP contribution >= 0.6 is 11.3 Å². The van der Waals surface area contributed by atoms with E-state index in [0.29, 0.717) is 32.9 Å². The molecule has 45 heavy (non-hydrogen) atoms. The van der Waals surface area contributed by atoms with E-state index >= 15 is 0 Å². The molecule has 2 aromatic heterocycles. The summed E-state index contributed by atoms with van der Waals surface area (Å²) in [5.74, 6) is 0.0748. The number of hydrogen-bond acceptors (Lipinski definition) is 6. The molecule has 1 aliphatic rings. The minimum Gasteiger partial charge on any atom is -0.496 e. The fraction of sp³-hybridized carbons (Fsp3) is 0.162. The van der Waals surface area contributed by atoms with Gasteiger partial charge in [-0.15, -0.1) is 0 Å². The highest BCUT2D eigenvalue weighted by Crippen LogP contribution is 2.40. The summed E-state index contributed by atoms with van der Waals surface area (Å²) in [4.78, 5) is 33.3. The molecule has 0 saturated carbocycles. The van der Waals surface area contributed by atoms with Crippen LogP contribution in [0.3, 0.4) is 0 Å². The lowest BCUT2D eigenvalue weighted by Gasteiger charge is -2.27. The highest BCUT2D eigenvalue weighted by molar-refractivity contribution is 7.07. The summed E-state index contributed by atoms with van der Waals surface area (Å²) in [6.45, 7) is 4.47. The molecular weight excluding hydrogens is 582 g/mol. The quantitative estimate of drug-likeness (QED) is 0.208. The first-order valence-electron chi connectivity index (χ1n) is 14.9. The van der Waals surface area contributed by atoms with Gasteiger partial charge in [-0.1, -0.05) is 90.2 Å². The summed E-state index contributed by atoms with van der Waals surface area (Å²) in [5.41, 5.74) is 4.54. The highest BCUT2D eigenvalue weighted by Gasteiger charge is 2.36. The highest BCUT2D eigenvalue weighted by atomic mass is 32.1. The summed E-state index contributed by atoms with van der Waals surface area (Å²) in [6.07, 6.45) is 4.03. The third-order valence-corrected chi connectivity index (χ3v) is 9.23. The van der Waals surface area contributed by atoms with Gasteiger partial charge in [0.25, 0.3) is 5.56 Å². The van der Waals surface area contributed by atoms with Gasteiger partial charge in [0.05, 0.1) is 29.5 Å². The molecule has 4 aromatic carbocycles. The Hall–Kier alpha value is -5.21. The van der Waals surface area contributed by atoms with Gasteiger partial charge in [0.1, 0.15) is 11.8 Å². The van der Waals surface area contributed by atoms with E-state index in [1.54, 1.807) is 25.5 Å². The van der Waals surface area contributed by atoms with Crippen LogP contribution in [0.5, 0.6) is 5.75 Å². The Morgan fingerprint density at radius 1 is 0.956 bits per heavy atom. The number of carbonyl (C=O) groups excluding carboxylic acids is 1. The Morgan fingerprint density at radius 2 is 1.69 bits per heavy atom. The smallest absolute Gasteiger partial charge is 0.338 e. The number of esters is 1. The molecule has 0 radical (unpaired) electrons. The molecule has 8 heteroatoms. The number of hydrogen-bond donors (Lipinski definition) is 0. The lowest BCUT2D eigenvalue weighted by atomic mass is 9.90. The number of thiazole rings is 1. The Bertz CT molecular complexity index is 2310. The van der Waals surface area contributed by atoms with E-state index in [4.69, 9.17) is 14.5 Å². The minimum absolute atomic E-state index is 0.201. The Labute approximate surface area is 263 Å². The van der Waals surface area contributed by atoms with E-state index in [1.165, 1.54) is 16.9 Å². The Kier molecular flexibility index (Phi) is 7.43. The summed E-state index contributed by atoms with van der Waals surface area (Å²) in [5, 5.41) is 2.91. The van der Waals surface area contributed by atoms with Gasteiger partial charge in [0, 0.05) is 34.8 Å². The van der Waals surface area contributed by atoms with Crippen LogP contribution in [0.15, 0.2) is 118 Å². The third kappa shape index (κ3) is 4.97. The van der Waals surface area contributed by atoms with Crippen LogP contribution in [0.4, 0.5) is 0 Å². The van der Waals surface area contributed by atoms with Crippen molar-refractivity contribution in [3.8, 4) is 5.75 Å². The molecule has 0 spiro atoms. The molecule has 1 atom stereocenters. The average Bonchev–Trinajstić information content (AvgIpc) is 3.56. The number of para-hydroxylation sites is 1. The predicted octanol–water partition coefficient (Wildman–Crippen LogP) is 5.96. The zero-order chi connectivity index (χ0) is 31.1. The van der Waals surface area contributed by atoms with Crippen molar-refractivity contribution < 1.29 is 14.3 Å². The van der Waals surface area contributed by atoms with Gasteiger partial charge in [-0.25, -0.2) is 9.79 Å². The second-order valence-electron chi connectivity index (χ2n) is 10.9. The second kappa shape index (κ2) is 11.7. The lowest BCUT2D eigenvalue weighted by molar-refractivity contribution is -0.139. The molecule has 7 rings (SSSR count). The average molecular weight is 614 g/mol. The van der Waals surface area contributed by atoms with E-state index in [1.807, 2.05) is 72.8 Å². The molecule has 0 bridgehead atoms. The maximum Gasteiger partial charge on any atom is 0.338 e. The zero-order valence-electron chi connectivity index (χ0n) is 25.2. The van der Waals surface area contributed by atoms with Crippen molar-refractivity contribution in [3.63, 3.8) is 0 Å². The van der Waals surface area contributed by atoms with Crippen molar-refractivity contribution >= 4 is 45.1 Å². The fourth-order valence-corrected chi connectivity index (χ4v) is 7.28. The Morgan fingerprint density at radius 3 is 2.47 bits per heavy atom. The van der Waals surface area contributed by atoms with Crippen LogP contribution in [-0.4, -0.2) is 28.8 Å². The van der Waals surface area contributed by atoms with E-state index in [9.17, 15) is 9.59 Å². The number of nitrogens with zero attached hydrogens (tertiary/aromatic N) is 3. The van der Waals surface area contributed by atoms with Crippen LogP contribution in [0.2, 0.25) is 0 Å². The minimum atomic E-state index is -0.789. The first-order valence-corrected chi connectivity index (χ1v) is 15.7. The van der Waals surface area contributed by atoms with Crippen molar-refractivity contribution in [2.75, 3.05) is 13.7 Å². The van der Waals surface area contributed by atoms with Gasteiger partial charge in [-0.3, -0.25) is 9.36 Å². The first-order chi connectivity index (χ1) is 22.0. The third-order valence-electron chi connectivity index (χ3n) is 8.24. The van der Waals surface area contributed by atoms with E-state index in [2.05, 4.69) is 35.0 Å². The molecule has 0 saturated heterocycles. The Balaban J connectivity index is 1.46. The monoisotopic (exact) mass is 613 g/mol. The molecule has 7 nitrogen and oxygen atoms in total. The normalized spacial score (nSPS) is 14.9. The summed E-state index contributed by atoms with van der Waals surface area (Å²) in [7, 11) is 1.60. The number of ether oxygens (including phenoxy) is 2. The number of methoxy groups -OCH3 is 1. The topological polar surface area (TPSA) is 74.8 Å². The first kappa shape index (κ1) is 28.6. The van der Waals surface area contributed by atoms with Crippen molar-refractivity contribution in [1.29, 1.82) is 0 Å². The number of aromatic nitrogens is 2. The zero-order valence-corrected chi connectivity index (χ0v) is 26.0. The van der Waals surface area contributed by atoms with E-state index in [0.717, 1.165) is 32.8 Å². The molecule has 0 aliphatic carbocycles. The van der Waals surface area contributed by atoms with Gasteiger partial charge >= 0.3 is 5.97 Å². The molecular formula is C37H31N3O4S. The van der Waals surface area contributed by atoms with E-state index < -0.39 is 12.0 Å². The van der Waals surface area contributed by atoms with Gasteiger partial charge in [0.2, 0.25) is 0 Å². The molecule has 0 unspecified atom stereocenters. The van der Waals surface area contributed by atoms with Crippen molar-refractivity contribution in [2.45, 2.75) is 26.4 Å². The van der Waals surface area contributed by atoms with Crippen LogP contribution in [0, 0.1) is 0 Å². The largest absolute Gasteiger partial charge is 0.496 e. The summed E-state index contributed by atoms with van der Waals surface area (Å²) in [6, 6.07) is 29.5. The predicted molar refractivity (Wildman–Crippen MR) is 178 cm³/mol. The van der Waals surface area contributed by atoms with Crippen molar-refractivity contribution in [3.05, 3.63) is 145 Å². The number of fused-ring (bicyclic) bond motifs is 3. The SMILES string of the molecule is CCOC(=O)C1=C(C)N=c2s/c(=C/c3cn(Cc4ccccc4)c4ccccc34)c(=O)n2[C@H]1c1c(OC)ccc2ccccc12. The molecule has 6 aromatic rings. The number of carbonyl (C=O) groups is 1. The molecule has 0 N–H and O–H groups in total. The van der Waals surface area contributed by atoms with Gasteiger partial charge in [-0.2, -0.15) is 0 Å². The van der Waals surface area contributed by atoms with Gasteiger partial charge < -0.3 is 14.0 Å². The molecule has 1 aliphatic heterocycles. The van der Waals surface area contributed by atoms with Gasteiger partial charge in [-0.05, 0) is 48.4 Å². The second-order valence-corrected chi connectivity index (χ2v) is 11.9. The van der Waals surface area contributed by atoms with Crippen LogP contribution in [0.25, 0.3) is 27.8 Å². The number of allylic oxidation sites excluding steroid dienone is 1. The van der Waals surface area contributed by atoms with Gasteiger partial charge in [0.15, 0.2) is 4.80 Å². The maximum atomic E-state index is 14.5. The summed E-state index contributed by atoms with van der Waals surface area (Å²) < 4.78 is 15.7. The van der Waals surface area contributed by atoms with Crippen LogP contribution < -0.4 is 19.6 Å². The number of benzene rings is 4. The number of rotatable bonds is 7. The fourth-order valence-electron chi connectivity index (χ4n) is 6.24. The van der Waals surface area contributed by atoms with Crippen LogP contribution in [-0.2, 0) is 16.1 Å². The lowest BCUT2D eigenvalue weighted by Crippen LogP contribution is -2.40.